The molecule has 0 saturated carbocycles. The van der Waals surface area contributed by atoms with Crippen LogP contribution in [0.25, 0.3) is 0 Å². The Labute approximate surface area is 256 Å². The zero-order valence-corrected chi connectivity index (χ0v) is 27.5. The quantitative estimate of drug-likeness (QED) is 0.277. The van der Waals surface area contributed by atoms with Gasteiger partial charge in [-0.2, -0.15) is 0 Å². The zero-order chi connectivity index (χ0) is 32.6. The van der Waals surface area contributed by atoms with Crippen LogP contribution in [0.2, 0.25) is 0 Å². The Balaban J connectivity index is 2.73. The lowest BCUT2D eigenvalue weighted by molar-refractivity contribution is -0.144. The van der Waals surface area contributed by atoms with Gasteiger partial charge in [0, 0.05) is 11.7 Å². The number of carbonyl (C=O) groups is 4. The first kappa shape index (κ1) is 35.3. The van der Waals surface area contributed by atoms with Crippen LogP contribution in [0.4, 0.5) is 10.5 Å². The Kier molecular flexibility index (Phi) is 12.3. The molecule has 0 aliphatic heterocycles. The third-order valence-corrected chi connectivity index (χ3v) is 7.10. The smallest absolute Gasteiger partial charge is 0.408 e. The molecule has 9 nitrogen and oxygen atoms in total. The van der Waals surface area contributed by atoms with E-state index in [0.717, 1.165) is 28.7 Å². The molecule has 0 spiro atoms. The summed E-state index contributed by atoms with van der Waals surface area (Å²) in [5, 5.41) is 5.64. The summed E-state index contributed by atoms with van der Waals surface area (Å²) < 4.78 is 5.40. The molecule has 0 aliphatic carbocycles. The van der Waals surface area contributed by atoms with Gasteiger partial charge in [0.15, 0.2) is 0 Å². The molecule has 4 N–H and O–H groups in total. The lowest BCUT2D eigenvalue weighted by Gasteiger charge is -2.39. The average molecular weight is 595 g/mol. The Morgan fingerprint density at radius 2 is 1.47 bits per heavy atom. The molecule has 0 fully saturated rings. The van der Waals surface area contributed by atoms with Gasteiger partial charge in [-0.25, -0.2) is 4.79 Å². The molecule has 2 rings (SSSR count). The van der Waals surface area contributed by atoms with Crippen molar-refractivity contribution in [2.24, 2.45) is 11.7 Å². The number of hydrogen-bond acceptors (Lipinski definition) is 5. The number of rotatable bonds is 12. The number of anilines is 1. The fraction of sp³-hybridized carbons (Fsp3) is 0.529. The van der Waals surface area contributed by atoms with E-state index in [1.54, 1.807) is 20.8 Å². The molecule has 2 aromatic rings. The maximum Gasteiger partial charge on any atom is 0.408 e. The molecule has 0 bridgehead atoms. The van der Waals surface area contributed by atoms with Crippen LogP contribution in [0.1, 0.15) is 94.7 Å². The molecule has 0 aromatic heterocycles. The van der Waals surface area contributed by atoms with Crippen LogP contribution in [0.5, 0.6) is 0 Å². The van der Waals surface area contributed by atoms with Crippen molar-refractivity contribution in [1.82, 2.24) is 10.2 Å². The number of carbonyl (C=O) groups excluding carboxylic acids is 4. The molecule has 0 heterocycles. The van der Waals surface area contributed by atoms with Crippen molar-refractivity contribution in [3.05, 3.63) is 64.2 Å². The van der Waals surface area contributed by atoms with E-state index in [-0.39, 0.29) is 0 Å². The summed E-state index contributed by atoms with van der Waals surface area (Å²) in [7, 11) is 0. The molecular weight excluding hydrogens is 544 g/mol. The number of primary amides is 1. The van der Waals surface area contributed by atoms with Crippen molar-refractivity contribution in [1.29, 1.82) is 0 Å². The Morgan fingerprint density at radius 1 is 0.907 bits per heavy atom. The van der Waals surface area contributed by atoms with Crippen molar-refractivity contribution in [2.75, 3.05) is 5.32 Å². The molecule has 3 unspecified atom stereocenters. The molecule has 2 aromatic carbocycles. The van der Waals surface area contributed by atoms with Crippen molar-refractivity contribution in [3.63, 3.8) is 0 Å². The van der Waals surface area contributed by atoms with Gasteiger partial charge in [0.05, 0.1) is 6.42 Å². The van der Waals surface area contributed by atoms with Gasteiger partial charge in [-0.05, 0) is 90.8 Å². The van der Waals surface area contributed by atoms with Gasteiger partial charge in [0.25, 0.3) is 5.91 Å². The summed E-state index contributed by atoms with van der Waals surface area (Å²) in [6, 6.07) is 8.69. The molecule has 9 heteroatoms. The number of nitrogens with zero attached hydrogens (tertiary/aromatic N) is 1. The second-order valence-electron chi connectivity index (χ2n) is 13.0. The van der Waals surface area contributed by atoms with Crippen LogP contribution in [0.3, 0.4) is 0 Å². The van der Waals surface area contributed by atoms with Crippen LogP contribution in [0, 0.1) is 33.6 Å². The highest BCUT2D eigenvalue weighted by Crippen LogP contribution is 2.31. The first-order valence-corrected chi connectivity index (χ1v) is 14.9. The second kappa shape index (κ2) is 15.0. The monoisotopic (exact) mass is 594 g/mol. The molecule has 4 amide bonds. The number of benzene rings is 2. The highest BCUT2D eigenvalue weighted by atomic mass is 16.6. The average Bonchev–Trinajstić information content (AvgIpc) is 2.85. The highest BCUT2D eigenvalue weighted by molar-refractivity contribution is 6.00. The minimum absolute atomic E-state index is 0.351. The predicted molar refractivity (Wildman–Crippen MR) is 171 cm³/mol. The SMILES string of the molecule is Cc1cc(C)cc(C(C(=O)Nc2c(C)cccc2C)N(C(=O)C(CC(N)=O)NC(=O)OC(C)(C)C)C(C)CCC(C)C)c1. The van der Waals surface area contributed by atoms with Crippen molar-refractivity contribution in [3.8, 4) is 0 Å². The summed E-state index contributed by atoms with van der Waals surface area (Å²) in [5.41, 5.74) is 9.65. The molecule has 43 heavy (non-hydrogen) atoms. The van der Waals surface area contributed by atoms with Crippen molar-refractivity contribution >= 4 is 29.5 Å². The summed E-state index contributed by atoms with van der Waals surface area (Å²) >= 11 is 0. The number of nitrogens with one attached hydrogen (secondary N) is 2. The normalized spacial score (nSPS) is 13.6. The fourth-order valence-electron chi connectivity index (χ4n) is 5.15. The fourth-order valence-corrected chi connectivity index (χ4v) is 5.15. The van der Waals surface area contributed by atoms with Gasteiger partial charge in [-0.3, -0.25) is 14.4 Å². The van der Waals surface area contributed by atoms with E-state index < -0.39 is 54.0 Å². The summed E-state index contributed by atoms with van der Waals surface area (Å²) in [4.78, 5) is 55.3. The lowest BCUT2D eigenvalue weighted by atomic mass is 9.94. The largest absolute Gasteiger partial charge is 0.444 e. The van der Waals surface area contributed by atoms with Crippen LogP contribution in [-0.2, 0) is 19.1 Å². The van der Waals surface area contributed by atoms with E-state index in [0.29, 0.717) is 23.6 Å². The number of nitrogens with two attached hydrogens (primary N) is 1. The molecular formula is C34H50N4O5. The number of hydrogen-bond donors (Lipinski definition) is 3. The molecule has 0 aliphatic rings. The molecule has 3 atom stereocenters. The first-order valence-electron chi connectivity index (χ1n) is 14.9. The molecule has 0 saturated heterocycles. The lowest BCUT2D eigenvalue weighted by Crippen LogP contribution is -2.56. The minimum atomic E-state index is -1.34. The zero-order valence-electron chi connectivity index (χ0n) is 27.5. The van der Waals surface area contributed by atoms with Gasteiger partial charge >= 0.3 is 6.09 Å². The highest BCUT2D eigenvalue weighted by Gasteiger charge is 2.40. The summed E-state index contributed by atoms with van der Waals surface area (Å²) in [5.74, 6) is -1.42. The molecule has 236 valence electrons. The minimum Gasteiger partial charge on any atom is -0.444 e. The topological polar surface area (TPSA) is 131 Å². The maximum absolute atomic E-state index is 14.5. The van der Waals surface area contributed by atoms with Gasteiger partial charge in [-0.1, -0.05) is 61.4 Å². The van der Waals surface area contributed by atoms with Crippen LogP contribution in [0.15, 0.2) is 36.4 Å². The number of alkyl carbamates (subject to hydrolysis) is 1. The number of para-hydroxylation sites is 1. The number of ether oxygens (including phenoxy) is 1. The third kappa shape index (κ3) is 10.7. The van der Waals surface area contributed by atoms with Crippen molar-refractivity contribution < 1.29 is 23.9 Å². The van der Waals surface area contributed by atoms with Gasteiger partial charge in [-0.15, -0.1) is 0 Å². The number of amides is 4. The van der Waals surface area contributed by atoms with Crippen molar-refractivity contribution in [2.45, 2.75) is 112 Å². The Hall–Kier alpha value is -3.88. The van der Waals surface area contributed by atoms with E-state index in [2.05, 4.69) is 24.5 Å². The van der Waals surface area contributed by atoms with Gasteiger partial charge in [0.1, 0.15) is 17.7 Å². The van der Waals surface area contributed by atoms with Gasteiger partial charge < -0.3 is 26.0 Å². The third-order valence-electron chi connectivity index (χ3n) is 7.10. The standard InChI is InChI=1S/C34H50N4O5/c1-20(2)14-15-25(7)38(32(41)27(19-28(35)39)36-33(42)43-34(8,9)10)30(26-17-21(3)16-22(4)18-26)31(40)37-29-23(5)12-11-13-24(29)6/h11-13,16-18,20,25,27,30H,14-15,19H2,1-10H3,(H2,35,39)(H,36,42)(H,37,40). The Morgan fingerprint density at radius 3 is 1.95 bits per heavy atom. The van der Waals surface area contributed by atoms with Crippen LogP contribution < -0.4 is 16.4 Å². The Bertz CT molecular complexity index is 1270. The van der Waals surface area contributed by atoms with E-state index in [1.165, 1.54) is 4.90 Å². The molecule has 0 radical (unpaired) electrons. The van der Waals surface area contributed by atoms with Gasteiger partial charge in [0.2, 0.25) is 11.8 Å². The predicted octanol–water partition coefficient (Wildman–Crippen LogP) is 6.02. The van der Waals surface area contributed by atoms with Crippen LogP contribution in [-0.4, -0.2) is 46.4 Å². The summed E-state index contributed by atoms with van der Waals surface area (Å²) in [6.07, 6.45) is 0.0776. The second-order valence-corrected chi connectivity index (χ2v) is 13.0. The number of aryl methyl sites for hydroxylation is 4. The van der Waals surface area contributed by atoms with Crippen LogP contribution >= 0.6 is 0 Å². The first-order chi connectivity index (χ1) is 19.9. The summed E-state index contributed by atoms with van der Waals surface area (Å²) in [6.45, 7) is 18.9. The van der Waals surface area contributed by atoms with E-state index in [1.807, 2.05) is 71.0 Å². The van der Waals surface area contributed by atoms with E-state index in [9.17, 15) is 19.2 Å². The van der Waals surface area contributed by atoms with E-state index >= 15 is 0 Å². The van der Waals surface area contributed by atoms with E-state index in [4.69, 9.17) is 10.5 Å². The maximum atomic E-state index is 14.5.